The van der Waals surface area contributed by atoms with E-state index in [0.717, 1.165) is 25.7 Å². The van der Waals surface area contributed by atoms with Gasteiger partial charge in [0.1, 0.15) is 13.1 Å². The lowest BCUT2D eigenvalue weighted by Gasteiger charge is -2.20. The fourth-order valence-corrected chi connectivity index (χ4v) is 2.88. The summed E-state index contributed by atoms with van der Waals surface area (Å²) in [6.07, 6.45) is 6.39. The van der Waals surface area contributed by atoms with E-state index >= 15 is 0 Å². The molecule has 0 spiro atoms. The lowest BCUT2D eigenvalue weighted by atomic mass is 10.2. The Kier molecular flexibility index (Phi) is 7.97. The van der Waals surface area contributed by atoms with E-state index in [1.54, 1.807) is 0 Å². The summed E-state index contributed by atoms with van der Waals surface area (Å²) >= 11 is 0. The number of carboxylic acid groups (broad SMARTS) is 1. The topological polar surface area (TPSA) is 133 Å². The number of aromatic nitrogens is 4. The van der Waals surface area contributed by atoms with E-state index < -0.39 is 5.97 Å². The number of aliphatic carboxylic acids is 1. The number of carbonyl (C=O) groups excluding carboxylic acids is 1. The zero-order valence-electron chi connectivity index (χ0n) is 16.4. The highest BCUT2D eigenvalue weighted by atomic mass is 16.4. The van der Waals surface area contributed by atoms with Crippen LogP contribution in [0.1, 0.15) is 46.0 Å². The van der Waals surface area contributed by atoms with Gasteiger partial charge >= 0.3 is 5.97 Å². The highest BCUT2D eigenvalue weighted by Gasteiger charge is 2.18. The first-order chi connectivity index (χ1) is 13.5. The van der Waals surface area contributed by atoms with Gasteiger partial charge in [0.25, 0.3) is 5.56 Å². The second kappa shape index (κ2) is 10.4. The van der Waals surface area contributed by atoms with Gasteiger partial charge in [-0.3, -0.25) is 19.4 Å². The minimum atomic E-state index is -1.07. The molecule has 28 heavy (non-hydrogen) atoms. The number of carbonyl (C=O) groups is 2. The third-order valence-corrected chi connectivity index (χ3v) is 4.28. The van der Waals surface area contributed by atoms with Gasteiger partial charge in [0.15, 0.2) is 11.2 Å². The number of H-pyrrole nitrogens is 1. The van der Waals surface area contributed by atoms with Crippen LogP contribution in [0.2, 0.25) is 0 Å². The van der Waals surface area contributed by atoms with Crippen LogP contribution >= 0.6 is 0 Å². The smallest absolute Gasteiger partial charge is 0.323 e. The van der Waals surface area contributed by atoms with Crippen molar-refractivity contribution in [1.29, 1.82) is 0 Å². The maximum Gasteiger partial charge on any atom is 0.323 e. The van der Waals surface area contributed by atoms with Crippen LogP contribution in [0.3, 0.4) is 0 Å². The molecule has 0 aliphatic heterocycles. The molecule has 0 bridgehead atoms. The van der Waals surface area contributed by atoms with Gasteiger partial charge in [-0.05, 0) is 12.8 Å². The zero-order chi connectivity index (χ0) is 20.5. The largest absolute Gasteiger partial charge is 0.480 e. The Bertz CT molecular complexity index is 859. The van der Waals surface area contributed by atoms with E-state index in [2.05, 4.69) is 27.2 Å². The molecule has 154 valence electrons. The van der Waals surface area contributed by atoms with Crippen molar-refractivity contribution < 1.29 is 14.7 Å². The van der Waals surface area contributed by atoms with Crippen molar-refractivity contribution in [3.05, 3.63) is 16.7 Å². The summed E-state index contributed by atoms with van der Waals surface area (Å²) in [5.41, 5.74) is 0.0488. The molecule has 0 saturated heterocycles. The number of nitrogens with one attached hydrogen (secondary N) is 2. The molecule has 0 unspecified atom stereocenters. The van der Waals surface area contributed by atoms with Crippen molar-refractivity contribution in [3.8, 4) is 0 Å². The van der Waals surface area contributed by atoms with E-state index in [0.29, 0.717) is 31.1 Å². The molecule has 10 nitrogen and oxygen atoms in total. The number of hydrogen-bond donors (Lipinski definition) is 3. The molecule has 2 aromatic heterocycles. The van der Waals surface area contributed by atoms with Crippen LogP contribution in [0, 0.1) is 0 Å². The minimum Gasteiger partial charge on any atom is -0.480 e. The summed E-state index contributed by atoms with van der Waals surface area (Å²) in [5.74, 6) is -1.10. The number of rotatable bonds is 12. The maximum atomic E-state index is 12.5. The molecule has 10 heteroatoms. The molecular formula is C18H28N6O4. The number of amides is 1. The Labute approximate surface area is 163 Å². The molecule has 0 radical (unpaired) electrons. The van der Waals surface area contributed by atoms with Gasteiger partial charge in [-0.1, -0.05) is 33.1 Å². The Morgan fingerprint density at radius 3 is 2.71 bits per heavy atom. The molecule has 0 aromatic carbocycles. The monoisotopic (exact) mass is 392 g/mol. The van der Waals surface area contributed by atoms with E-state index in [1.807, 2.05) is 6.92 Å². The number of anilines is 1. The third kappa shape index (κ3) is 5.80. The van der Waals surface area contributed by atoms with Gasteiger partial charge < -0.3 is 19.9 Å². The number of fused-ring (bicyclic) bond motifs is 1. The quantitative estimate of drug-likeness (QED) is 0.465. The SMILES string of the molecule is CCCCCCNc1nc2c(ncn2CC(=O)N(CCC)CC(=O)O)c(=O)[nH]1. The van der Waals surface area contributed by atoms with Gasteiger partial charge in [0, 0.05) is 13.1 Å². The van der Waals surface area contributed by atoms with Gasteiger partial charge in [-0.25, -0.2) is 4.98 Å². The van der Waals surface area contributed by atoms with Crippen molar-refractivity contribution in [2.45, 2.75) is 52.5 Å². The fourth-order valence-electron chi connectivity index (χ4n) is 2.88. The molecule has 2 aromatic rings. The molecule has 2 heterocycles. The minimum absolute atomic E-state index is 0.129. The fraction of sp³-hybridized carbons (Fsp3) is 0.611. The second-order valence-electron chi connectivity index (χ2n) is 6.66. The van der Waals surface area contributed by atoms with Crippen molar-refractivity contribution >= 4 is 29.0 Å². The number of imidazole rings is 1. The summed E-state index contributed by atoms with van der Waals surface area (Å²) in [6.45, 7) is 4.55. The molecule has 0 aliphatic rings. The summed E-state index contributed by atoms with van der Waals surface area (Å²) in [5, 5.41) is 12.1. The van der Waals surface area contributed by atoms with Crippen LogP contribution in [-0.4, -0.2) is 61.0 Å². The van der Waals surface area contributed by atoms with Gasteiger partial charge in [-0.15, -0.1) is 0 Å². The first kappa shape index (κ1) is 21.4. The lowest BCUT2D eigenvalue weighted by Crippen LogP contribution is -2.38. The molecule has 1 amide bonds. The van der Waals surface area contributed by atoms with Crippen molar-refractivity contribution in [1.82, 2.24) is 24.4 Å². The maximum absolute atomic E-state index is 12.5. The molecule has 0 atom stereocenters. The van der Waals surface area contributed by atoms with E-state index in [4.69, 9.17) is 5.11 Å². The molecule has 0 saturated carbocycles. The van der Waals surface area contributed by atoms with Gasteiger partial charge in [-0.2, -0.15) is 4.98 Å². The van der Waals surface area contributed by atoms with Crippen molar-refractivity contribution in [3.63, 3.8) is 0 Å². The van der Waals surface area contributed by atoms with Crippen LogP contribution in [-0.2, 0) is 16.1 Å². The number of nitrogens with zero attached hydrogens (tertiary/aromatic N) is 4. The predicted molar refractivity (Wildman–Crippen MR) is 105 cm³/mol. The Hall–Kier alpha value is -2.91. The Balaban J connectivity index is 2.15. The molecule has 3 N–H and O–H groups in total. The van der Waals surface area contributed by atoms with Crippen LogP contribution in [0.25, 0.3) is 11.2 Å². The zero-order valence-corrected chi connectivity index (χ0v) is 16.4. The lowest BCUT2D eigenvalue weighted by molar-refractivity contribution is -0.144. The van der Waals surface area contributed by atoms with Gasteiger partial charge in [0.05, 0.1) is 6.33 Å². The van der Waals surface area contributed by atoms with E-state index in [-0.39, 0.29) is 30.1 Å². The van der Waals surface area contributed by atoms with Crippen molar-refractivity contribution in [2.24, 2.45) is 0 Å². The summed E-state index contributed by atoms with van der Waals surface area (Å²) in [7, 11) is 0. The number of hydrogen-bond acceptors (Lipinski definition) is 6. The number of unbranched alkanes of at least 4 members (excludes halogenated alkanes) is 3. The third-order valence-electron chi connectivity index (χ3n) is 4.28. The van der Waals surface area contributed by atoms with Crippen LogP contribution in [0.15, 0.2) is 11.1 Å². The Morgan fingerprint density at radius 2 is 2.04 bits per heavy atom. The normalized spacial score (nSPS) is 10.9. The van der Waals surface area contributed by atoms with Gasteiger partial charge in [0.2, 0.25) is 11.9 Å². The summed E-state index contributed by atoms with van der Waals surface area (Å²) in [6, 6.07) is 0. The predicted octanol–water partition coefficient (Wildman–Crippen LogP) is 1.43. The first-order valence-corrected chi connectivity index (χ1v) is 9.64. The standard InChI is InChI=1S/C18H28N6O4/c1-3-5-6-7-8-19-18-21-16-15(17(28)22-18)20-12-24(16)10-13(25)23(9-4-2)11-14(26)27/h12H,3-11H2,1-2H3,(H,26,27)(H2,19,21,22,28). The van der Waals surface area contributed by atoms with Crippen LogP contribution in [0.4, 0.5) is 5.95 Å². The number of carboxylic acids is 1. The Morgan fingerprint density at radius 1 is 1.25 bits per heavy atom. The molecular weight excluding hydrogens is 364 g/mol. The van der Waals surface area contributed by atoms with E-state index in [1.165, 1.54) is 15.8 Å². The average Bonchev–Trinajstić information content (AvgIpc) is 3.04. The summed E-state index contributed by atoms with van der Waals surface area (Å²) < 4.78 is 1.47. The van der Waals surface area contributed by atoms with Crippen molar-refractivity contribution in [2.75, 3.05) is 25.0 Å². The first-order valence-electron chi connectivity index (χ1n) is 9.64. The molecule has 0 aliphatic carbocycles. The van der Waals surface area contributed by atoms with E-state index in [9.17, 15) is 14.4 Å². The molecule has 2 rings (SSSR count). The second-order valence-corrected chi connectivity index (χ2v) is 6.66. The highest BCUT2D eigenvalue weighted by Crippen LogP contribution is 2.09. The average molecular weight is 392 g/mol. The highest BCUT2D eigenvalue weighted by molar-refractivity contribution is 5.82. The molecule has 0 fully saturated rings. The number of aromatic amines is 1. The van der Waals surface area contributed by atoms with Crippen LogP contribution in [0.5, 0.6) is 0 Å². The van der Waals surface area contributed by atoms with Crippen LogP contribution < -0.4 is 10.9 Å². The summed E-state index contributed by atoms with van der Waals surface area (Å²) in [4.78, 5) is 48.1.